The number of hydrogen-bond donors (Lipinski definition) is 0. The van der Waals surface area contributed by atoms with Gasteiger partial charge in [0.05, 0.1) is 13.2 Å². The Balaban J connectivity index is 1.71. The molecule has 0 atom stereocenters. The third-order valence-electron chi connectivity index (χ3n) is 3.27. The molecule has 0 aliphatic carbocycles. The highest BCUT2D eigenvalue weighted by Gasteiger charge is 2.21. The number of hydrogen-bond acceptors (Lipinski definition) is 5. The second-order valence-electron chi connectivity index (χ2n) is 4.79. The lowest BCUT2D eigenvalue weighted by Gasteiger charge is -2.25. The maximum absolute atomic E-state index is 12.2. The van der Waals surface area contributed by atoms with Gasteiger partial charge in [0.15, 0.2) is 5.82 Å². The van der Waals surface area contributed by atoms with E-state index < -0.39 is 0 Å². The van der Waals surface area contributed by atoms with Gasteiger partial charge in [0.25, 0.3) is 0 Å². The van der Waals surface area contributed by atoms with Crippen molar-refractivity contribution >= 4 is 29.2 Å². The number of ether oxygens (including phenoxy) is 1. The zero-order valence-electron chi connectivity index (χ0n) is 11.6. The monoisotopic (exact) mass is 341 g/mol. The molecule has 1 aromatic carbocycles. The Morgan fingerprint density at radius 2 is 2.05 bits per heavy atom. The van der Waals surface area contributed by atoms with E-state index in [2.05, 4.69) is 15.4 Å². The molecule has 116 valence electrons. The minimum Gasteiger partial charge on any atom is -0.378 e. The van der Waals surface area contributed by atoms with Crippen molar-refractivity contribution in [1.29, 1.82) is 0 Å². The van der Waals surface area contributed by atoms with Gasteiger partial charge in [-0.3, -0.25) is 0 Å². The van der Waals surface area contributed by atoms with Crippen LogP contribution in [0.1, 0.15) is 11.4 Å². The molecule has 3 rings (SSSR count). The Kier molecular flexibility index (Phi) is 4.56. The van der Waals surface area contributed by atoms with Crippen LogP contribution in [-0.2, 0) is 11.2 Å². The van der Waals surface area contributed by atoms with E-state index >= 15 is 0 Å². The molecule has 1 fully saturated rings. The molecular weight excluding hydrogens is 329 g/mol. The normalized spacial score (nSPS) is 15.1. The zero-order valence-corrected chi connectivity index (χ0v) is 13.1. The number of aromatic nitrogens is 4. The highest BCUT2D eigenvalue weighted by molar-refractivity contribution is 6.35. The third kappa shape index (κ3) is 3.37. The van der Waals surface area contributed by atoms with Gasteiger partial charge in [-0.25, -0.2) is 4.79 Å². The van der Waals surface area contributed by atoms with Gasteiger partial charge in [-0.05, 0) is 22.9 Å². The number of carbonyl (C=O) groups is 1. The van der Waals surface area contributed by atoms with Crippen molar-refractivity contribution in [3.8, 4) is 0 Å². The maximum Gasteiger partial charge on any atom is 0.363 e. The van der Waals surface area contributed by atoms with Crippen LogP contribution in [0.25, 0.3) is 0 Å². The van der Waals surface area contributed by atoms with E-state index in [0.717, 1.165) is 10.4 Å². The largest absolute Gasteiger partial charge is 0.378 e. The van der Waals surface area contributed by atoms with E-state index in [1.165, 1.54) is 0 Å². The summed E-state index contributed by atoms with van der Waals surface area (Å²) in [6, 6.07) is 4.90. The molecule has 2 heterocycles. The van der Waals surface area contributed by atoms with Crippen LogP contribution >= 0.6 is 23.2 Å². The highest BCUT2D eigenvalue weighted by Crippen LogP contribution is 2.22. The van der Waals surface area contributed by atoms with Gasteiger partial charge in [0.1, 0.15) is 0 Å². The van der Waals surface area contributed by atoms with Crippen molar-refractivity contribution in [3.05, 3.63) is 39.6 Å². The molecule has 1 aliphatic heterocycles. The standard InChI is InChI=1S/C13H13Cl2N5O2/c14-10-2-1-9(11(15)8-10)7-12-16-18-20(17-12)13(21)19-3-5-22-6-4-19/h1-2,8H,3-7H2. The van der Waals surface area contributed by atoms with Crippen molar-refractivity contribution in [1.82, 2.24) is 25.1 Å². The molecule has 0 unspecified atom stereocenters. The maximum atomic E-state index is 12.2. The molecule has 9 heteroatoms. The molecule has 0 radical (unpaired) electrons. The molecule has 1 aliphatic rings. The first-order chi connectivity index (χ1) is 10.6. The van der Waals surface area contributed by atoms with Crippen LogP contribution in [0, 0.1) is 0 Å². The molecule has 7 nitrogen and oxygen atoms in total. The molecular formula is C13H13Cl2N5O2. The Labute approximate surface area is 136 Å². The Bertz CT molecular complexity index is 685. The topological polar surface area (TPSA) is 73.1 Å². The van der Waals surface area contributed by atoms with Crippen molar-refractivity contribution in [2.75, 3.05) is 26.3 Å². The molecule has 2 aromatic rings. The van der Waals surface area contributed by atoms with E-state index in [1.807, 2.05) is 0 Å². The summed E-state index contributed by atoms with van der Waals surface area (Å²) >= 11 is 12.0. The van der Waals surface area contributed by atoms with E-state index in [9.17, 15) is 4.79 Å². The van der Waals surface area contributed by atoms with Crippen LogP contribution < -0.4 is 0 Å². The lowest BCUT2D eigenvalue weighted by molar-refractivity contribution is 0.0519. The van der Waals surface area contributed by atoms with Crippen LogP contribution in [0.2, 0.25) is 10.0 Å². The Morgan fingerprint density at radius 3 is 2.77 bits per heavy atom. The number of halogens is 2. The van der Waals surface area contributed by atoms with E-state index in [4.69, 9.17) is 27.9 Å². The van der Waals surface area contributed by atoms with Gasteiger partial charge in [-0.2, -0.15) is 0 Å². The van der Waals surface area contributed by atoms with Crippen LogP contribution in [0.4, 0.5) is 4.79 Å². The quantitative estimate of drug-likeness (QED) is 0.833. The first-order valence-electron chi connectivity index (χ1n) is 6.73. The first kappa shape index (κ1) is 15.2. The van der Waals surface area contributed by atoms with Crippen molar-refractivity contribution in [2.45, 2.75) is 6.42 Å². The lowest BCUT2D eigenvalue weighted by atomic mass is 10.1. The van der Waals surface area contributed by atoms with Gasteiger partial charge in [0, 0.05) is 29.6 Å². The predicted molar refractivity (Wildman–Crippen MR) is 80.3 cm³/mol. The highest BCUT2D eigenvalue weighted by atomic mass is 35.5. The molecule has 1 amide bonds. The molecule has 1 aromatic heterocycles. The second kappa shape index (κ2) is 6.60. The van der Waals surface area contributed by atoms with Crippen molar-refractivity contribution < 1.29 is 9.53 Å². The van der Waals surface area contributed by atoms with Crippen molar-refractivity contribution in [2.24, 2.45) is 0 Å². The summed E-state index contributed by atoms with van der Waals surface area (Å²) in [6.07, 6.45) is 0.381. The molecule has 0 saturated carbocycles. The first-order valence-corrected chi connectivity index (χ1v) is 7.49. The Hall–Kier alpha value is -1.70. The lowest BCUT2D eigenvalue weighted by Crippen LogP contribution is -2.43. The van der Waals surface area contributed by atoms with E-state index in [-0.39, 0.29) is 6.03 Å². The smallest absolute Gasteiger partial charge is 0.363 e. The zero-order chi connectivity index (χ0) is 15.5. The van der Waals surface area contributed by atoms with Gasteiger partial charge < -0.3 is 9.64 Å². The summed E-state index contributed by atoms with van der Waals surface area (Å²) < 4.78 is 5.21. The number of tetrazole rings is 1. The summed E-state index contributed by atoms with van der Waals surface area (Å²) in [5.41, 5.74) is 0.824. The number of carbonyl (C=O) groups excluding carboxylic acids is 1. The van der Waals surface area contributed by atoms with Crippen LogP contribution in [0.5, 0.6) is 0 Å². The number of rotatable bonds is 2. The minimum atomic E-state index is -0.302. The number of morpholine rings is 1. The molecule has 22 heavy (non-hydrogen) atoms. The second-order valence-corrected chi connectivity index (χ2v) is 5.63. The van der Waals surface area contributed by atoms with Gasteiger partial charge in [-0.15, -0.1) is 10.2 Å². The van der Waals surface area contributed by atoms with Crippen LogP contribution in [-0.4, -0.2) is 57.4 Å². The predicted octanol–water partition coefficient (Wildman–Crippen LogP) is 1.87. The molecule has 0 spiro atoms. The van der Waals surface area contributed by atoms with E-state index in [0.29, 0.717) is 48.6 Å². The fraction of sp³-hybridized carbons (Fsp3) is 0.385. The van der Waals surface area contributed by atoms with Crippen LogP contribution in [0.3, 0.4) is 0 Å². The average molecular weight is 342 g/mol. The summed E-state index contributed by atoms with van der Waals surface area (Å²) in [5, 5.41) is 12.9. The van der Waals surface area contributed by atoms with Gasteiger partial charge >= 0.3 is 6.03 Å². The summed E-state index contributed by atoms with van der Waals surface area (Å²) in [4.78, 5) is 14.8. The SMILES string of the molecule is O=C(N1CCOCC1)n1nnc(Cc2ccc(Cl)cc2Cl)n1. The van der Waals surface area contributed by atoms with Gasteiger partial charge in [-0.1, -0.05) is 34.1 Å². The number of benzene rings is 1. The van der Waals surface area contributed by atoms with Gasteiger partial charge in [0.2, 0.25) is 0 Å². The molecule has 0 bridgehead atoms. The number of amides is 1. The summed E-state index contributed by atoms with van der Waals surface area (Å²) in [5.74, 6) is 0.422. The number of nitrogens with zero attached hydrogens (tertiary/aromatic N) is 5. The summed E-state index contributed by atoms with van der Waals surface area (Å²) in [7, 11) is 0. The fourth-order valence-electron chi connectivity index (χ4n) is 2.11. The Morgan fingerprint density at radius 1 is 1.27 bits per heavy atom. The molecule has 1 saturated heterocycles. The fourth-order valence-corrected chi connectivity index (χ4v) is 2.59. The average Bonchev–Trinajstić information content (AvgIpc) is 2.99. The minimum absolute atomic E-state index is 0.302. The summed E-state index contributed by atoms with van der Waals surface area (Å²) in [6.45, 7) is 2.10. The van der Waals surface area contributed by atoms with Crippen molar-refractivity contribution in [3.63, 3.8) is 0 Å². The van der Waals surface area contributed by atoms with Crippen LogP contribution in [0.15, 0.2) is 18.2 Å². The van der Waals surface area contributed by atoms with E-state index in [1.54, 1.807) is 23.1 Å². The third-order valence-corrected chi connectivity index (χ3v) is 3.86. The molecule has 0 N–H and O–H groups in total.